The van der Waals surface area contributed by atoms with E-state index in [1.165, 1.54) is 0 Å². The molecule has 1 saturated heterocycles. The topological polar surface area (TPSA) is 82.4 Å². The van der Waals surface area contributed by atoms with E-state index in [0.29, 0.717) is 23.4 Å². The summed E-state index contributed by atoms with van der Waals surface area (Å²) in [6.07, 6.45) is 0.721. The highest BCUT2D eigenvalue weighted by atomic mass is 16.5. The Bertz CT molecular complexity index is 855. The number of hydrogen-bond acceptors (Lipinski definition) is 4. The number of para-hydroxylation sites is 1. The van der Waals surface area contributed by atoms with Crippen LogP contribution in [0.1, 0.15) is 25.3 Å². The smallest absolute Gasteiger partial charge is 0.265 e. The van der Waals surface area contributed by atoms with Crippen molar-refractivity contribution in [1.29, 1.82) is 5.26 Å². The fourth-order valence-electron chi connectivity index (χ4n) is 2.81. The van der Waals surface area contributed by atoms with Crippen LogP contribution in [0.3, 0.4) is 0 Å². The Hall–Kier alpha value is -3.33. The molecule has 0 spiro atoms. The minimum atomic E-state index is -0.735. The first-order chi connectivity index (χ1) is 12.6. The van der Waals surface area contributed by atoms with Gasteiger partial charge < -0.3 is 15.0 Å². The van der Waals surface area contributed by atoms with Gasteiger partial charge in [-0.3, -0.25) is 9.59 Å². The molecule has 1 aliphatic heterocycles. The van der Waals surface area contributed by atoms with Crippen molar-refractivity contribution in [3.05, 3.63) is 54.1 Å². The van der Waals surface area contributed by atoms with Crippen LogP contribution in [0.25, 0.3) is 0 Å². The van der Waals surface area contributed by atoms with E-state index in [2.05, 4.69) is 5.32 Å². The number of benzene rings is 2. The number of amides is 2. The summed E-state index contributed by atoms with van der Waals surface area (Å²) in [6, 6.07) is 16.0. The van der Waals surface area contributed by atoms with Gasteiger partial charge in [0.25, 0.3) is 5.91 Å². The van der Waals surface area contributed by atoms with Crippen molar-refractivity contribution in [2.24, 2.45) is 0 Å². The van der Waals surface area contributed by atoms with Crippen LogP contribution in [-0.2, 0) is 9.59 Å². The zero-order valence-electron chi connectivity index (χ0n) is 14.4. The van der Waals surface area contributed by atoms with E-state index in [-0.39, 0.29) is 11.8 Å². The molecule has 0 bridgehead atoms. The number of nitriles is 1. The standard InChI is InChI=1S/C20H19N3O3/c1-14(20(25)22-18-6-3-2-5-15(18)13-21)26-17-10-8-16(9-11-17)23-12-4-7-19(23)24/h2-3,5-6,8-11,14H,4,7,12H2,1H3,(H,22,25)/t14-/m1/s1. The predicted molar refractivity (Wildman–Crippen MR) is 97.9 cm³/mol. The van der Waals surface area contributed by atoms with Gasteiger partial charge >= 0.3 is 0 Å². The van der Waals surface area contributed by atoms with Crippen LogP contribution in [0.5, 0.6) is 5.75 Å². The van der Waals surface area contributed by atoms with E-state index in [4.69, 9.17) is 10.00 Å². The second kappa shape index (κ2) is 7.70. The molecule has 1 N–H and O–H groups in total. The minimum absolute atomic E-state index is 0.127. The molecule has 6 heteroatoms. The van der Waals surface area contributed by atoms with Gasteiger partial charge in [0.1, 0.15) is 11.8 Å². The van der Waals surface area contributed by atoms with Crippen molar-refractivity contribution < 1.29 is 14.3 Å². The quantitative estimate of drug-likeness (QED) is 0.899. The van der Waals surface area contributed by atoms with Crippen molar-refractivity contribution in [2.45, 2.75) is 25.9 Å². The van der Waals surface area contributed by atoms with Gasteiger partial charge in [0, 0.05) is 18.7 Å². The third-order valence-corrected chi connectivity index (χ3v) is 4.21. The van der Waals surface area contributed by atoms with Crippen LogP contribution in [0.15, 0.2) is 48.5 Å². The maximum Gasteiger partial charge on any atom is 0.265 e. The van der Waals surface area contributed by atoms with Gasteiger partial charge in [0.05, 0.1) is 11.3 Å². The average Bonchev–Trinajstić information content (AvgIpc) is 3.08. The molecule has 1 aliphatic rings. The largest absolute Gasteiger partial charge is 0.481 e. The first-order valence-electron chi connectivity index (χ1n) is 8.45. The molecular weight excluding hydrogens is 330 g/mol. The SMILES string of the molecule is C[C@@H](Oc1ccc(N2CCCC2=O)cc1)C(=O)Nc1ccccc1C#N. The van der Waals surface area contributed by atoms with Crippen molar-refractivity contribution in [2.75, 3.05) is 16.8 Å². The Morgan fingerprint density at radius 1 is 1.23 bits per heavy atom. The summed E-state index contributed by atoms with van der Waals surface area (Å²) in [5.74, 6) is 0.325. The van der Waals surface area contributed by atoms with E-state index in [1.807, 2.05) is 18.2 Å². The minimum Gasteiger partial charge on any atom is -0.481 e. The molecule has 6 nitrogen and oxygen atoms in total. The van der Waals surface area contributed by atoms with Crippen LogP contribution in [0, 0.1) is 11.3 Å². The Morgan fingerprint density at radius 3 is 2.62 bits per heavy atom. The van der Waals surface area contributed by atoms with E-state index < -0.39 is 6.10 Å². The first kappa shape index (κ1) is 17.5. The van der Waals surface area contributed by atoms with E-state index in [0.717, 1.165) is 18.7 Å². The molecule has 0 aromatic heterocycles. The van der Waals surface area contributed by atoms with Gasteiger partial charge in [-0.2, -0.15) is 5.26 Å². The van der Waals surface area contributed by atoms with E-state index >= 15 is 0 Å². The predicted octanol–water partition coefficient (Wildman–Crippen LogP) is 3.09. The number of carbonyl (C=O) groups is 2. The summed E-state index contributed by atoms with van der Waals surface area (Å²) in [4.78, 5) is 25.8. The van der Waals surface area contributed by atoms with Crippen molar-refractivity contribution in [3.63, 3.8) is 0 Å². The zero-order chi connectivity index (χ0) is 18.5. The molecule has 2 aromatic rings. The van der Waals surface area contributed by atoms with Crippen LogP contribution in [0.2, 0.25) is 0 Å². The van der Waals surface area contributed by atoms with Crippen molar-refractivity contribution in [1.82, 2.24) is 0 Å². The summed E-state index contributed by atoms with van der Waals surface area (Å²) in [5.41, 5.74) is 1.69. The summed E-state index contributed by atoms with van der Waals surface area (Å²) in [7, 11) is 0. The molecule has 1 fully saturated rings. The van der Waals surface area contributed by atoms with Crippen molar-refractivity contribution in [3.8, 4) is 11.8 Å². The molecule has 1 atom stereocenters. The number of hydrogen-bond donors (Lipinski definition) is 1. The molecule has 2 amide bonds. The van der Waals surface area contributed by atoms with Gasteiger partial charge in [0.2, 0.25) is 5.91 Å². The lowest BCUT2D eigenvalue weighted by Crippen LogP contribution is -2.30. The molecule has 1 heterocycles. The monoisotopic (exact) mass is 349 g/mol. The van der Waals surface area contributed by atoms with Crippen LogP contribution >= 0.6 is 0 Å². The number of rotatable bonds is 5. The molecule has 0 radical (unpaired) electrons. The van der Waals surface area contributed by atoms with Gasteiger partial charge in [-0.15, -0.1) is 0 Å². The van der Waals surface area contributed by atoms with E-state index in [9.17, 15) is 9.59 Å². The summed E-state index contributed by atoms with van der Waals surface area (Å²) in [6.45, 7) is 2.37. The fourth-order valence-corrected chi connectivity index (χ4v) is 2.81. The third kappa shape index (κ3) is 3.83. The van der Waals surface area contributed by atoms with Crippen molar-refractivity contribution >= 4 is 23.2 Å². The third-order valence-electron chi connectivity index (χ3n) is 4.21. The van der Waals surface area contributed by atoms with E-state index in [1.54, 1.807) is 48.2 Å². The summed E-state index contributed by atoms with van der Waals surface area (Å²) in [5, 5.41) is 11.8. The second-order valence-corrected chi connectivity index (χ2v) is 6.05. The molecule has 0 saturated carbocycles. The zero-order valence-corrected chi connectivity index (χ0v) is 14.4. The van der Waals surface area contributed by atoms with Crippen LogP contribution < -0.4 is 15.0 Å². The highest BCUT2D eigenvalue weighted by Gasteiger charge is 2.22. The maximum absolute atomic E-state index is 12.3. The molecule has 0 aliphatic carbocycles. The number of nitrogens with one attached hydrogen (secondary N) is 1. The number of anilines is 2. The maximum atomic E-state index is 12.3. The Labute approximate surface area is 152 Å². The van der Waals surface area contributed by atoms with Gasteiger partial charge in [0.15, 0.2) is 6.10 Å². The Kier molecular flexibility index (Phi) is 5.18. The molecule has 3 rings (SSSR count). The number of carbonyl (C=O) groups excluding carboxylic acids is 2. The summed E-state index contributed by atoms with van der Waals surface area (Å²) < 4.78 is 5.67. The number of nitrogens with zero attached hydrogens (tertiary/aromatic N) is 2. The molecular formula is C20H19N3O3. The molecule has 132 valence electrons. The van der Waals surface area contributed by atoms with Crippen LogP contribution in [0.4, 0.5) is 11.4 Å². The average molecular weight is 349 g/mol. The molecule has 0 unspecified atom stereocenters. The molecule has 2 aromatic carbocycles. The lowest BCUT2D eigenvalue weighted by Gasteiger charge is -2.18. The fraction of sp³-hybridized carbons (Fsp3) is 0.250. The second-order valence-electron chi connectivity index (χ2n) is 6.05. The Balaban J connectivity index is 1.62. The lowest BCUT2D eigenvalue weighted by atomic mass is 10.2. The summed E-state index contributed by atoms with van der Waals surface area (Å²) >= 11 is 0. The Morgan fingerprint density at radius 2 is 1.96 bits per heavy atom. The first-order valence-corrected chi connectivity index (χ1v) is 8.45. The van der Waals surface area contributed by atoms with Gasteiger partial charge in [-0.05, 0) is 49.7 Å². The molecule has 26 heavy (non-hydrogen) atoms. The number of ether oxygens (including phenoxy) is 1. The van der Waals surface area contributed by atoms with Gasteiger partial charge in [-0.25, -0.2) is 0 Å². The van der Waals surface area contributed by atoms with Gasteiger partial charge in [-0.1, -0.05) is 12.1 Å². The highest BCUT2D eigenvalue weighted by molar-refractivity contribution is 5.96. The normalized spacial score (nSPS) is 14.6. The lowest BCUT2D eigenvalue weighted by molar-refractivity contribution is -0.122. The highest BCUT2D eigenvalue weighted by Crippen LogP contribution is 2.24. The van der Waals surface area contributed by atoms with Crippen LogP contribution in [-0.4, -0.2) is 24.5 Å².